The van der Waals surface area contributed by atoms with Gasteiger partial charge in [-0.25, -0.2) is 4.98 Å². The van der Waals surface area contributed by atoms with Crippen LogP contribution >= 0.6 is 11.5 Å². The van der Waals surface area contributed by atoms with Gasteiger partial charge in [0.25, 0.3) is 0 Å². The zero-order valence-electron chi connectivity index (χ0n) is 9.32. The van der Waals surface area contributed by atoms with Gasteiger partial charge in [-0.15, -0.1) is 0 Å². The molecule has 2 rings (SSSR count). The number of hydrogen-bond acceptors (Lipinski definition) is 5. The minimum atomic E-state index is -0.375. The lowest BCUT2D eigenvalue weighted by Crippen LogP contribution is -2.40. The van der Waals surface area contributed by atoms with Crippen molar-refractivity contribution in [2.24, 2.45) is 11.1 Å². The molecule has 6 heteroatoms. The Morgan fingerprint density at radius 2 is 2.25 bits per heavy atom. The van der Waals surface area contributed by atoms with Gasteiger partial charge in [-0.2, -0.15) is 4.37 Å². The molecule has 1 aliphatic rings. The fourth-order valence-corrected chi connectivity index (χ4v) is 2.72. The smallest absolute Gasteiger partial charge is 0.233 e. The van der Waals surface area contributed by atoms with Crippen molar-refractivity contribution < 1.29 is 4.79 Å². The van der Waals surface area contributed by atoms with Crippen molar-refractivity contribution in [1.82, 2.24) is 9.36 Å². The van der Waals surface area contributed by atoms with Crippen molar-refractivity contribution in [3.63, 3.8) is 0 Å². The summed E-state index contributed by atoms with van der Waals surface area (Å²) < 4.78 is 4.03. The fraction of sp³-hybridized carbons (Fsp3) is 0.700. The van der Waals surface area contributed by atoms with Crippen LogP contribution in [0.1, 0.15) is 31.5 Å². The van der Waals surface area contributed by atoms with E-state index in [-0.39, 0.29) is 11.3 Å². The van der Waals surface area contributed by atoms with Crippen molar-refractivity contribution in [1.29, 1.82) is 0 Å². The number of aromatic nitrogens is 2. The molecule has 0 atom stereocenters. The van der Waals surface area contributed by atoms with Crippen LogP contribution in [-0.4, -0.2) is 21.8 Å². The molecule has 0 spiro atoms. The summed E-state index contributed by atoms with van der Waals surface area (Å²) in [4.78, 5) is 16.2. The van der Waals surface area contributed by atoms with Crippen molar-refractivity contribution >= 4 is 22.6 Å². The summed E-state index contributed by atoms with van der Waals surface area (Å²) >= 11 is 1.21. The van der Waals surface area contributed by atoms with Gasteiger partial charge in [-0.05, 0) is 19.8 Å². The summed E-state index contributed by atoms with van der Waals surface area (Å²) in [6, 6.07) is 0. The highest BCUT2D eigenvalue weighted by Crippen LogP contribution is 2.38. The minimum Gasteiger partial charge on any atom is -0.329 e. The van der Waals surface area contributed by atoms with E-state index in [0.29, 0.717) is 17.5 Å². The van der Waals surface area contributed by atoms with Gasteiger partial charge in [-0.3, -0.25) is 4.79 Å². The number of aryl methyl sites for hydroxylation is 1. The predicted octanol–water partition coefficient (Wildman–Crippen LogP) is 1.30. The summed E-state index contributed by atoms with van der Waals surface area (Å²) in [5.41, 5.74) is 5.36. The minimum absolute atomic E-state index is 0.00338. The van der Waals surface area contributed by atoms with Crippen LogP contribution in [0.15, 0.2) is 0 Å². The second kappa shape index (κ2) is 4.47. The number of rotatable bonds is 3. The molecular formula is C10H16N4OS. The van der Waals surface area contributed by atoms with Gasteiger partial charge in [0.05, 0.1) is 5.41 Å². The van der Waals surface area contributed by atoms with Crippen LogP contribution in [0.25, 0.3) is 0 Å². The normalized spacial score (nSPS) is 18.6. The average molecular weight is 240 g/mol. The molecule has 1 saturated carbocycles. The Morgan fingerprint density at radius 1 is 1.56 bits per heavy atom. The number of nitrogens with one attached hydrogen (secondary N) is 1. The summed E-state index contributed by atoms with van der Waals surface area (Å²) in [5, 5.41) is 3.39. The van der Waals surface area contributed by atoms with Gasteiger partial charge in [0.1, 0.15) is 5.82 Å². The molecule has 1 fully saturated rings. The molecule has 16 heavy (non-hydrogen) atoms. The first-order valence-corrected chi connectivity index (χ1v) is 6.25. The summed E-state index contributed by atoms with van der Waals surface area (Å²) in [6.07, 6.45) is 3.93. The molecule has 0 bridgehead atoms. The maximum atomic E-state index is 12.1. The lowest BCUT2D eigenvalue weighted by molar-refractivity contribution is -0.124. The van der Waals surface area contributed by atoms with Crippen LogP contribution in [0.5, 0.6) is 0 Å². The third-order valence-corrected chi connectivity index (χ3v) is 3.90. The molecule has 1 amide bonds. The fourth-order valence-electron chi connectivity index (χ4n) is 2.15. The Balaban J connectivity index is 2.07. The third kappa shape index (κ3) is 2.08. The summed E-state index contributed by atoms with van der Waals surface area (Å²) in [7, 11) is 0. The monoisotopic (exact) mass is 240 g/mol. The molecule has 0 saturated heterocycles. The van der Waals surface area contributed by atoms with Crippen LogP contribution in [0.4, 0.5) is 5.13 Å². The molecule has 1 aromatic heterocycles. The summed E-state index contributed by atoms with van der Waals surface area (Å²) in [6.45, 7) is 2.22. The van der Waals surface area contributed by atoms with Gasteiger partial charge >= 0.3 is 0 Å². The number of hydrogen-bond donors (Lipinski definition) is 2. The van der Waals surface area contributed by atoms with Gasteiger partial charge in [-0.1, -0.05) is 12.8 Å². The Labute approximate surface area is 98.6 Å². The Morgan fingerprint density at radius 3 is 2.75 bits per heavy atom. The Bertz CT molecular complexity index is 384. The lowest BCUT2D eigenvalue weighted by atomic mass is 9.85. The Hall–Kier alpha value is -1.01. The highest BCUT2D eigenvalue weighted by atomic mass is 32.1. The van der Waals surface area contributed by atoms with E-state index in [9.17, 15) is 4.79 Å². The number of anilines is 1. The van der Waals surface area contributed by atoms with Crippen molar-refractivity contribution in [3.05, 3.63) is 5.82 Å². The first-order valence-electron chi connectivity index (χ1n) is 5.48. The zero-order chi connectivity index (χ0) is 11.6. The van der Waals surface area contributed by atoms with Crippen molar-refractivity contribution in [3.8, 4) is 0 Å². The molecule has 5 nitrogen and oxygen atoms in total. The molecule has 1 aromatic rings. The number of carbonyl (C=O) groups is 1. The van der Waals surface area contributed by atoms with Crippen molar-refractivity contribution in [2.45, 2.75) is 32.6 Å². The maximum Gasteiger partial charge on any atom is 0.233 e. The first kappa shape index (κ1) is 11.5. The Kier molecular flexibility index (Phi) is 3.20. The third-order valence-electron chi connectivity index (χ3n) is 3.18. The number of nitrogens with zero attached hydrogens (tertiary/aromatic N) is 2. The molecule has 88 valence electrons. The molecule has 0 aliphatic heterocycles. The van der Waals surface area contributed by atoms with Crippen LogP contribution < -0.4 is 11.1 Å². The molecule has 1 aliphatic carbocycles. The van der Waals surface area contributed by atoms with E-state index >= 15 is 0 Å². The maximum absolute atomic E-state index is 12.1. The van der Waals surface area contributed by atoms with Gasteiger partial charge < -0.3 is 11.1 Å². The highest BCUT2D eigenvalue weighted by Gasteiger charge is 2.40. The first-order chi connectivity index (χ1) is 7.66. The van der Waals surface area contributed by atoms with E-state index < -0.39 is 0 Å². The summed E-state index contributed by atoms with van der Waals surface area (Å²) in [5.74, 6) is 0.692. The number of amides is 1. The van der Waals surface area contributed by atoms with E-state index in [2.05, 4.69) is 14.7 Å². The largest absolute Gasteiger partial charge is 0.329 e. The topological polar surface area (TPSA) is 80.9 Å². The second-order valence-electron chi connectivity index (χ2n) is 4.29. The average Bonchev–Trinajstić information content (AvgIpc) is 2.88. The van der Waals surface area contributed by atoms with E-state index in [1.807, 2.05) is 0 Å². The van der Waals surface area contributed by atoms with E-state index in [0.717, 1.165) is 25.7 Å². The van der Waals surface area contributed by atoms with Gasteiger partial charge in [0.2, 0.25) is 11.0 Å². The number of nitrogens with two attached hydrogens (primary N) is 1. The predicted molar refractivity (Wildman–Crippen MR) is 63.2 cm³/mol. The molecule has 1 heterocycles. The van der Waals surface area contributed by atoms with Gasteiger partial charge in [0, 0.05) is 18.1 Å². The SMILES string of the molecule is Cc1nsc(NC(=O)C2(CN)CCCC2)n1. The quantitative estimate of drug-likeness (QED) is 0.834. The van der Waals surface area contributed by atoms with E-state index in [1.165, 1.54) is 11.5 Å². The van der Waals surface area contributed by atoms with Crippen LogP contribution in [-0.2, 0) is 4.79 Å². The lowest BCUT2D eigenvalue weighted by Gasteiger charge is -2.24. The molecule has 0 radical (unpaired) electrons. The standard InChI is InChI=1S/C10H16N4OS/c1-7-12-9(16-14-7)13-8(15)10(6-11)4-2-3-5-10/h2-6,11H2,1H3,(H,12,13,14,15). The molecular weight excluding hydrogens is 224 g/mol. The van der Waals surface area contributed by atoms with E-state index in [1.54, 1.807) is 6.92 Å². The molecule has 3 N–H and O–H groups in total. The molecule has 0 unspecified atom stereocenters. The number of carbonyl (C=O) groups excluding carboxylic acids is 1. The van der Waals surface area contributed by atoms with Gasteiger partial charge in [0.15, 0.2) is 0 Å². The zero-order valence-corrected chi connectivity index (χ0v) is 10.1. The van der Waals surface area contributed by atoms with Crippen molar-refractivity contribution in [2.75, 3.05) is 11.9 Å². The van der Waals surface area contributed by atoms with Crippen LogP contribution in [0.3, 0.4) is 0 Å². The highest BCUT2D eigenvalue weighted by molar-refractivity contribution is 7.09. The van der Waals surface area contributed by atoms with Crippen LogP contribution in [0, 0.1) is 12.3 Å². The van der Waals surface area contributed by atoms with Crippen LogP contribution in [0.2, 0.25) is 0 Å². The van der Waals surface area contributed by atoms with E-state index in [4.69, 9.17) is 5.73 Å². The molecule has 0 aromatic carbocycles. The second-order valence-corrected chi connectivity index (χ2v) is 5.04.